The third-order valence-corrected chi connectivity index (χ3v) is 7.89. The van der Waals surface area contributed by atoms with Crippen molar-refractivity contribution in [2.45, 2.75) is 70.6 Å². The number of ether oxygens (including phenoxy) is 1. The fourth-order valence-electron chi connectivity index (χ4n) is 5.60. The number of phenolic OH excluding ortho intramolecular Hbond substituents is 1. The van der Waals surface area contributed by atoms with Crippen LogP contribution in [0.1, 0.15) is 86.5 Å². The quantitative estimate of drug-likeness (QED) is 0.271. The zero-order chi connectivity index (χ0) is 25.3. The number of aryl methyl sites for hydroxylation is 1. The SMILES string of the molecule is CCC(C)/C(=C\N)CCCCCOc1ccc([C@@H]2c3ccc(O)cc3CC[C@@H]2c2ccccc2)cc1. The Kier molecular flexibility index (Phi) is 9.11. The molecule has 0 fully saturated rings. The number of unbranched alkanes of at least 4 members (excludes halogenated alkanes) is 2. The van der Waals surface area contributed by atoms with E-state index < -0.39 is 0 Å². The van der Waals surface area contributed by atoms with E-state index >= 15 is 0 Å². The molecular formula is C33H41NO2. The second-order valence-electron chi connectivity index (χ2n) is 10.2. The number of phenols is 1. The normalized spacial score (nSPS) is 18.4. The van der Waals surface area contributed by atoms with E-state index in [1.165, 1.54) is 27.8 Å². The first-order chi connectivity index (χ1) is 17.6. The number of allylic oxidation sites excluding steroid dienone is 1. The van der Waals surface area contributed by atoms with Crippen molar-refractivity contribution in [3.05, 3.63) is 107 Å². The zero-order valence-corrected chi connectivity index (χ0v) is 21.8. The molecule has 0 spiro atoms. The maximum Gasteiger partial charge on any atom is 0.119 e. The minimum absolute atomic E-state index is 0.265. The Balaban J connectivity index is 1.39. The number of rotatable bonds is 11. The molecule has 0 aliphatic heterocycles. The maximum absolute atomic E-state index is 10.1. The van der Waals surface area contributed by atoms with Gasteiger partial charge in [0.15, 0.2) is 0 Å². The van der Waals surface area contributed by atoms with E-state index in [4.69, 9.17) is 10.5 Å². The highest BCUT2D eigenvalue weighted by Crippen LogP contribution is 2.47. The highest BCUT2D eigenvalue weighted by atomic mass is 16.5. The van der Waals surface area contributed by atoms with Crippen LogP contribution in [0.3, 0.4) is 0 Å². The second kappa shape index (κ2) is 12.7. The van der Waals surface area contributed by atoms with Gasteiger partial charge in [-0.2, -0.15) is 0 Å². The molecule has 0 heterocycles. The molecule has 1 aliphatic rings. The summed E-state index contributed by atoms with van der Waals surface area (Å²) in [6.07, 6.45) is 9.45. The smallest absolute Gasteiger partial charge is 0.119 e. The van der Waals surface area contributed by atoms with E-state index in [0.29, 0.717) is 17.6 Å². The first-order valence-electron chi connectivity index (χ1n) is 13.6. The summed E-state index contributed by atoms with van der Waals surface area (Å²) in [4.78, 5) is 0. The molecule has 0 aromatic heterocycles. The minimum Gasteiger partial charge on any atom is -0.508 e. The summed E-state index contributed by atoms with van der Waals surface area (Å²) in [5.74, 6) is 2.54. The van der Waals surface area contributed by atoms with Crippen LogP contribution in [-0.2, 0) is 6.42 Å². The van der Waals surface area contributed by atoms with E-state index in [9.17, 15) is 5.11 Å². The number of nitrogens with two attached hydrogens (primary N) is 1. The van der Waals surface area contributed by atoms with Gasteiger partial charge < -0.3 is 15.6 Å². The summed E-state index contributed by atoms with van der Waals surface area (Å²) in [7, 11) is 0. The van der Waals surface area contributed by atoms with Gasteiger partial charge in [0.25, 0.3) is 0 Å². The first-order valence-corrected chi connectivity index (χ1v) is 13.6. The van der Waals surface area contributed by atoms with Crippen molar-refractivity contribution >= 4 is 0 Å². The molecule has 0 bridgehead atoms. The van der Waals surface area contributed by atoms with E-state index in [1.54, 1.807) is 0 Å². The molecule has 36 heavy (non-hydrogen) atoms. The molecule has 3 atom stereocenters. The molecule has 1 aliphatic carbocycles. The van der Waals surface area contributed by atoms with Crippen molar-refractivity contribution in [1.29, 1.82) is 0 Å². The number of hydrogen-bond acceptors (Lipinski definition) is 3. The van der Waals surface area contributed by atoms with Crippen LogP contribution in [0.4, 0.5) is 0 Å². The summed E-state index contributed by atoms with van der Waals surface area (Å²) in [6, 6.07) is 25.4. The predicted octanol–water partition coefficient (Wildman–Crippen LogP) is 8.08. The van der Waals surface area contributed by atoms with Gasteiger partial charge in [0.2, 0.25) is 0 Å². The molecular weight excluding hydrogens is 442 g/mol. The van der Waals surface area contributed by atoms with Gasteiger partial charge in [-0.3, -0.25) is 0 Å². The van der Waals surface area contributed by atoms with Gasteiger partial charge in [0.1, 0.15) is 11.5 Å². The highest BCUT2D eigenvalue weighted by Gasteiger charge is 2.32. The third-order valence-electron chi connectivity index (χ3n) is 7.89. The van der Waals surface area contributed by atoms with Crippen molar-refractivity contribution in [2.24, 2.45) is 11.7 Å². The van der Waals surface area contributed by atoms with Crippen LogP contribution in [0, 0.1) is 5.92 Å². The van der Waals surface area contributed by atoms with Gasteiger partial charge in [-0.15, -0.1) is 0 Å². The van der Waals surface area contributed by atoms with Crippen LogP contribution in [-0.4, -0.2) is 11.7 Å². The van der Waals surface area contributed by atoms with Gasteiger partial charge in [-0.1, -0.05) is 68.0 Å². The Labute approximate surface area is 217 Å². The Bertz CT molecular complexity index is 1120. The second-order valence-corrected chi connectivity index (χ2v) is 10.2. The average molecular weight is 484 g/mol. The lowest BCUT2D eigenvalue weighted by Gasteiger charge is -2.34. The largest absolute Gasteiger partial charge is 0.508 e. The summed E-state index contributed by atoms with van der Waals surface area (Å²) in [5.41, 5.74) is 12.4. The molecule has 0 saturated carbocycles. The molecule has 0 amide bonds. The molecule has 3 aromatic carbocycles. The number of aromatic hydroxyl groups is 1. The molecule has 190 valence electrons. The summed E-state index contributed by atoms with van der Waals surface area (Å²) in [6.45, 7) is 5.21. The van der Waals surface area contributed by atoms with Crippen molar-refractivity contribution in [3.8, 4) is 11.5 Å². The topological polar surface area (TPSA) is 55.5 Å². The van der Waals surface area contributed by atoms with E-state index in [1.807, 2.05) is 18.3 Å². The van der Waals surface area contributed by atoms with Crippen molar-refractivity contribution in [3.63, 3.8) is 0 Å². The van der Waals surface area contributed by atoms with Gasteiger partial charge in [-0.05, 0) is 110 Å². The Morgan fingerprint density at radius 3 is 2.50 bits per heavy atom. The Morgan fingerprint density at radius 2 is 1.78 bits per heavy atom. The summed E-state index contributed by atoms with van der Waals surface area (Å²) in [5, 5.41) is 10.1. The third kappa shape index (κ3) is 6.32. The lowest BCUT2D eigenvalue weighted by atomic mass is 9.69. The molecule has 4 rings (SSSR count). The molecule has 1 unspecified atom stereocenters. The van der Waals surface area contributed by atoms with Crippen LogP contribution in [0.5, 0.6) is 11.5 Å². The fraction of sp³-hybridized carbons (Fsp3) is 0.394. The van der Waals surface area contributed by atoms with Crippen LogP contribution in [0.15, 0.2) is 84.6 Å². The summed E-state index contributed by atoms with van der Waals surface area (Å²) < 4.78 is 6.07. The van der Waals surface area contributed by atoms with Crippen LogP contribution < -0.4 is 10.5 Å². The van der Waals surface area contributed by atoms with Crippen LogP contribution >= 0.6 is 0 Å². The summed E-state index contributed by atoms with van der Waals surface area (Å²) >= 11 is 0. The van der Waals surface area contributed by atoms with Gasteiger partial charge in [0, 0.05) is 5.92 Å². The average Bonchev–Trinajstić information content (AvgIpc) is 2.92. The van der Waals surface area contributed by atoms with Gasteiger partial charge >= 0.3 is 0 Å². The standard InChI is InChI=1S/C33H41NO2/c1-3-24(2)28(23-34)12-8-5-9-21-36-30-17-13-26(14-18-30)33-31(25-10-6-4-7-11-25)19-15-27-22-29(35)16-20-32(27)33/h4,6-7,10-11,13-14,16-18,20,22-24,31,33,35H,3,5,8-9,12,15,19,21,34H2,1-2H3/b28-23-/t24?,31-,33+/m1/s1. The van der Waals surface area contributed by atoms with Crippen molar-refractivity contribution in [2.75, 3.05) is 6.61 Å². The molecule has 0 radical (unpaired) electrons. The van der Waals surface area contributed by atoms with E-state index in [0.717, 1.165) is 57.3 Å². The maximum atomic E-state index is 10.1. The molecule has 3 nitrogen and oxygen atoms in total. The van der Waals surface area contributed by atoms with Crippen molar-refractivity contribution < 1.29 is 9.84 Å². The fourth-order valence-corrected chi connectivity index (χ4v) is 5.60. The Hall–Kier alpha value is -3.20. The predicted molar refractivity (Wildman–Crippen MR) is 150 cm³/mol. The lowest BCUT2D eigenvalue weighted by Crippen LogP contribution is -2.20. The van der Waals surface area contributed by atoms with Gasteiger partial charge in [-0.25, -0.2) is 0 Å². The van der Waals surface area contributed by atoms with Gasteiger partial charge in [0.05, 0.1) is 6.61 Å². The van der Waals surface area contributed by atoms with Crippen LogP contribution in [0.2, 0.25) is 0 Å². The first kappa shape index (κ1) is 25.9. The lowest BCUT2D eigenvalue weighted by molar-refractivity contribution is 0.305. The van der Waals surface area contributed by atoms with E-state index in [2.05, 4.69) is 74.5 Å². The van der Waals surface area contributed by atoms with Crippen LogP contribution in [0.25, 0.3) is 0 Å². The minimum atomic E-state index is 0.265. The number of fused-ring (bicyclic) bond motifs is 1. The number of benzene rings is 3. The highest BCUT2D eigenvalue weighted by molar-refractivity contribution is 5.48. The molecule has 3 N–H and O–H groups in total. The monoisotopic (exact) mass is 483 g/mol. The number of hydrogen-bond donors (Lipinski definition) is 2. The molecule has 3 aromatic rings. The van der Waals surface area contributed by atoms with E-state index in [-0.39, 0.29) is 5.92 Å². The molecule has 0 saturated heterocycles. The molecule has 3 heteroatoms. The Morgan fingerprint density at radius 1 is 1.00 bits per heavy atom. The zero-order valence-electron chi connectivity index (χ0n) is 21.8. The van der Waals surface area contributed by atoms with Crippen molar-refractivity contribution in [1.82, 2.24) is 0 Å².